The zero-order chi connectivity index (χ0) is 18.6. The van der Waals surface area contributed by atoms with Gasteiger partial charge in [-0.05, 0) is 34.3 Å². The van der Waals surface area contributed by atoms with Crippen molar-refractivity contribution >= 4 is 41.5 Å². The molecule has 1 aromatic carbocycles. The molecule has 136 valence electrons. The third-order valence-electron chi connectivity index (χ3n) is 3.63. The normalized spacial score (nSPS) is 11.7. The topological polar surface area (TPSA) is 70.2 Å². The van der Waals surface area contributed by atoms with Crippen LogP contribution in [0, 0.1) is 10.1 Å². The van der Waals surface area contributed by atoms with E-state index < -0.39 is 8.07 Å². The number of ether oxygens (including phenoxy) is 1. The minimum atomic E-state index is -1.14. The zero-order valence-electron chi connectivity index (χ0n) is 14.8. The summed E-state index contributed by atoms with van der Waals surface area (Å²) in [5, 5.41) is 12.1. The highest BCUT2D eigenvalue weighted by Crippen LogP contribution is 2.36. The van der Waals surface area contributed by atoms with Crippen LogP contribution in [0.2, 0.25) is 25.7 Å². The van der Waals surface area contributed by atoms with Gasteiger partial charge in [0.15, 0.2) is 5.16 Å². The van der Waals surface area contributed by atoms with Gasteiger partial charge in [-0.15, -0.1) is 0 Å². The van der Waals surface area contributed by atoms with Gasteiger partial charge in [0.25, 0.3) is 5.69 Å². The van der Waals surface area contributed by atoms with Crippen molar-refractivity contribution in [1.82, 2.24) is 9.55 Å². The van der Waals surface area contributed by atoms with Crippen molar-refractivity contribution in [2.75, 3.05) is 12.9 Å². The summed E-state index contributed by atoms with van der Waals surface area (Å²) >= 11 is 5.03. The number of para-hydroxylation sites is 1. The van der Waals surface area contributed by atoms with Crippen LogP contribution in [0.5, 0.6) is 0 Å². The lowest BCUT2D eigenvalue weighted by molar-refractivity contribution is -0.384. The highest BCUT2D eigenvalue weighted by atomic mass is 79.9. The van der Waals surface area contributed by atoms with E-state index in [1.54, 1.807) is 18.2 Å². The molecule has 0 unspecified atom stereocenters. The number of nitro benzene ring substituents is 1. The van der Waals surface area contributed by atoms with Gasteiger partial charge >= 0.3 is 0 Å². The lowest BCUT2D eigenvalue weighted by Crippen LogP contribution is -2.22. The Morgan fingerprint density at radius 1 is 1.36 bits per heavy atom. The number of rotatable bonds is 8. The Hall–Kier alpha value is -1.16. The van der Waals surface area contributed by atoms with Crippen LogP contribution in [0.1, 0.15) is 0 Å². The smallest absolute Gasteiger partial charge is 0.278 e. The number of nitro groups is 1. The molecule has 0 aliphatic rings. The molecule has 0 aliphatic carbocycles. The summed E-state index contributed by atoms with van der Waals surface area (Å²) < 4.78 is 8.42. The maximum Gasteiger partial charge on any atom is 0.278 e. The maximum absolute atomic E-state index is 11.3. The molecule has 6 nitrogen and oxygen atoms in total. The molecule has 9 heteroatoms. The molecule has 0 bridgehead atoms. The summed E-state index contributed by atoms with van der Waals surface area (Å²) in [6.07, 6.45) is 1.93. The zero-order valence-corrected chi connectivity index (χ0v) is 18.2. The Labute approximate surface area is 161 Å². The second kappa shape index (κ2) is 8.48. The van der Waals surface area contributed by atoms with E-state index in [0.717, 1.165) is 11.2 Å². The Morgan fingerprint density at radius 3 is 2.64 bits per heavy atom. The fourth-order valence-corrected chi connectivity index (χ4v) is 4.21. The molecule has 0 N–H and O–H groups in total. The number of hydrogen-bond donors (Lipinski definition) is 0. The molecule has 1 aromatic heterocycles. The first kappa shape index (κ1) is 20.2. The number of hydrogen-bond acceptors (Lipinski definition) is 5. The Bertz CT molecular complexity index is 762. The summed E-state index contributed by atoms with van der Waals surface area (Å²) in [5.74, 6) is 0. The highest BCUT2D eigenvalue weighted by Gasteiger charge is 2.23. The monoisotopic (exact) mass is 443 g/mol. The first-order valence-corrected chi connectivity index (χ1v) is 13.6. The van der Waals surface area contributed by atoms with Crippen LogP contribution in [-0.2, 0) is 11.5 Å². The number of thioether (sulfide) groups is 1. The molecule has 1 heterocycles. The number of benzene rings is 1. The van der Waals surface area contributed by atoms with Gasteiger partial charge < -0.3 is 4.74 Å². The van der Waals surface area contributed by atoms with Crippen LogP contribution < -0.4 is 0 Å². The fraction of sp³-hybridized carbons (Fsp3) is 0.438. The summed E-state index contributed by atoms with van der Waals surface area (Å²) in [5.41, 5.74) is 1.10. The van der Waals surface area contributed by atoms with E-state index in [-0.39, 0.29) is 10.6 Å². The molecule has 0 aliphatic heterocycles. The minimum absolute atomic E-state index is 0.0418. The van der Waals surface area contributed by atoms with Crippen LogP contribution in [0.15, 0.2) is 34.0 Å². The van der Waals surface area contributed by atoms with Gasteiger partial charge in [-0.2, -0.15) is 0 Å². The van der Waals surface area contributed by atoms with Crippen LogP contribution in [0.25, 0.3) is 11.3 Å². The predicted octanol–water partition coefficient (Wildman–Crippen LogP) is 5.26. The van der Waals surface area contributed by atoms with Crippen molar-refractivity contribution in [2.45, 2.75) is 37.6 Å². The highest BCUT2D eigenvalue weighted by molar-refractivity contribution is 9.10. The van der Waals surface area contributed by atoms with Crippen molar-refractivity contribution in [3.05, 3.63) is 39.0 Å². The standard InChI is InChI=1S/C16H22BrN3O3SSi/c1-24-16-18-14(12-7-5-6-8-13(12)20(21)22)15(17)19(16)11-23-9-10-25(2,3)4/h5-8H,9-11H2,1-4H3. The molecule has 0 amide bonds. The Kier molecular flexibility index (Phi) is 6.84. The van der Waals surface area contributed by atoms with E-state index in [1.165, 1.54) is 17.8 Å². The van der Waals surface area contributed by atoms with Crippen LogP contribution in [0.4, 0.5) is 5.69 Å². The van der Waals surface area contributed by atoms with E-state index in [1.807, 2.05) is 10.8 Å². The summed E-state index contributed by atoms with van der Waals surface area (Å²) in [4.78, 5) is 15.5. The van der Waals surface area contributed by atoms with Gasteiger partial charge in [-0.1, -0.05) is 43.5 Å². The number of nitrogens with zero attached hydrogens (tertiary/aromatic N) is 3. The molecule has 0 radical (unpaired) electrons. The molecule has 2 rings (SSSR count). The van der Waals surface area contributed by atoms with Crippen molar-refractivity contribution in [3.63, 3.8) is 0 Å². The Balaban J connectivity index is 2.28. The van der Waals surface area contributed by atoms with Crippen LogP contribution in [-0.4, -0.2) is 35.4 Å². The Morgan fingerprint density at radius 2 is 2.04 bits per heavy atom. The van der Waals surface area contributed by atoms with Crippen molar-refractivity contribution in [2.24, 2.45) is 0 Å². The lowest BCUT2D eigenvalue weighted by Gasteiger charge is -2.16. The summed E-state index contributed by atoms with van der Waals surface area (Å²) in [6, 6.07) is 7.72. The molecule has 0 atom stereocenters. The maximum atomic E-state index is 11.3. The average Bonchev–Trinajstić information content (AvgIpc) is 2.86. The quantitative estimate of drug-likeness (QED) is 0.183. The first-order chi connectivity index (χ1) is 11.7. The number of aromatic nitrogens is 2. The van der Waals surface area contributed by atoms with Gasteiger partial charge in [-0.25, -0.2) is 4.98 Å². The SMILES string of the molecule is CSc1nc(-c2ccccc2[N+](=O)[O-])c(Br)n1COCC[Si](C)(C)C. The van der Waals surface area contributed by atoms with Gasteiger partial charge in [0.05, 0.1) is 10.5 Å². The molecule has 0 saturated heterocycles. The molecule has 0 saturated carbocycles. The second-order valence-electron chi connectivity index (χ2n) is 6.79. The first-order valence-electron chi connectivity index (χ1n) is 7.86. The third kappa shape index (κ3) is 5.16. The molecule has 0 fully saturated rings. The average molecular weight is 444 g/mol. The molecular weight excluding hydrogens is 422 g/mol. The van der Waals surface area contributed by atoms with E-state index in [0.29, 0.717) is 29.2 Å². The largest absolute Gasteiger partial charge is 0.361 e. The third-order valence-corrected chi connectivity index (χ3v) is 6.81. The summed E-state index contributed by atoms with van der Waals surface area (Å²) in [7, 11) is -1.14. The van der Waals surface area contributed by atoms with E-state index >= 15 is 0 Å². The van der Waals surface area contributed by atoms with Crippen LogP contribution >= 0.6 is 27.7 Å². The van der Waals surface area contributed by atoms with Crippen molar-refractivity contribution in [1.29, 1.82) is 0 Å². The van der Waals surface area contributed by atoms with Gasteiger partial charge in [-0.3, -0.25) is 14.7 Å². The van der Waals surface area contributed by atoms with E-state index in [2.05, 4.69) is 40.6 Å². The van der Waals surface area contributed by atoms with E-state index in [9.17, 15) is 10.1 Å². The molecule has 0 spiro atoms. The van der Waals surface area contributed by atoms with Crippen LogP contribution in [0.3, 0.4) is 0 Å². The minimum Gasteiger partial charge on any atom is -0.361 e. The van der Waals surface area contributed by atoms with Gasteiger partial charge in [0.1, 0.15) is 17.0 Å². The number of halogens is 1. The molecule has 2 aromatic rings. The number of imidazole rings is 1. The van der Waals surface area contributed by atoms with E-state index in [4.69, 9.17) is 4.74 Å². The molecule has 25 heavy (non-hydrogen) atoms. The summed E-state index contributed by atoms with van der Waals surface area (Å²) in [6.45, 7) is 8.00. The fourth-order valence-electron chi connectivity index (χ4n) is 2.22. The van der Waals surface area contributed by atoms with Gasteiger partial charge in [0.2, 0.25) is 0 Å². The predicted molar refractivity (Wildman–Crippen MR) is 108 cm³/mol. The molecular formula is C16H22BrN3O3SSi. The van der Waals surface area contributed by atoms with Crippen molar-refractivity contribution in [3.8, 4) is 11.3 Å². The second-order valence-corrected chi connectivity index (χ2v) is 13.9. The lowest BCUT2D eigenvalue weighted by atomic mass is 10.1. The van der Waals surface area contributed by atoms with Crippen molar-refractivity contribution < 1.29 is 9.66 Å². The van der Waals surface area contributed by atoms with Gasteiger partial charge in [0, 0.05) is 20.7 Å².